The smallest absolute Gasteiger partial charge is 0.218 e. The third-order valence-corrected chi connectivity index (χ3v) is 3.33. The second-order valence-electron chi connectivity index (χ2n) is 3.51. The van der Waals surface area contributed by atoms with E-state index in [0.29, 0.717) is 12.4 Å². The van der Waals surface area contributed by atoms with Crippen LogP contribution in [0.15, 0.2) is 42.6 Å². The van der Waals surface area contributed by atoms with E-state index in [-0.39, 0.29) is 0 Å². The van der Waals surface area contributed by atoms with Gasteiger partial charge in [-0.2, -0.15) is 0 Å². The Hall–Kier alpha value is -1.30. The molecule has 0 saturated carbocycles. The maximum absolute atomic E-state index is 5.21. The van der Waals surface area contributed by atoms with E-state index in [1.165, 1.54) is 3.57 Å². The molecule has 0 atom stereocenters. The average molecular weight is 340 g/mol. The van der Waals surface area contributed by atoms with Crippen LogP contribution < -0.4 is 10.1 Å². The maximum atomic E-state index is 5.21. The fourth-order valence-corrected chi connectivity index (χ4v) is 2.12. The highest BCUT2D eigenvalue weighted by atomic mass is 127. The van der Waals surface area contributed by atoms with Crippen LogP contribution in [0.1, 0.15) is 5.56 Å². The average Bonchev–Trinajstić information content (AvgIpc) is 2.38. The molecule has 0 fully saturated rings. The molecule has 88 valence electrons. The molecule has 2 aromatic rings. The summed E-state index contributed by atoms with van der Waals surface area (Å²) in [5, 5.41) is 3.38. The highest BCUT2D eigenvalue weighted by Gasteiger charge is 2.03. The Morgan fingerprint density at radius 2 is 2.06 bits per heavy atom. The van der Waals surface area contributed by atoms with Gasteiger partial charge in [-0.3, -0.25) is 0 Å². The number of nitrogens with one attached hydrogen (secondary N) is 1. The molecule has 0 radical (unpaired) electrons. The third kappa shape index (κ3) is 3.09. The summed E-state index contributed by atoms with van der Waals surface area (Å²) in [7, 11) is 1.64. The predicted molar refractivity (Wildman–Crippen MR) is 77.3 cm³/mol. The quantitative estimate of drug-likeness (QED) is 0.868. The topological polar surface area (TPSA) is 34.1 Å². The Labute approximate surface area is 114 Å². The summed E-state index contributed by atoms with van der Waals surface area (Å²) in [6, 6.07) is 12.1. The number of aromatic nitrogens is 1. The Bertz CT molecular complexity index is 502. The van der Waals surface area contributed by atoms with Gasteiger partial charge in [-0.05, 0) is 40.8 Å². The monoisotopic (exact) mass is 340 g/mol. The van der Waals surface area contributed by atoms with Crippen molar-refractivity contribution < 1.29 is 4.74 Å². The summed E-state index contributed by atoms with van der Waals surface area (Å²) in [5.74, 6) is 0.672. The largest absolute Gasteiger partial charge is 0.481 e. The molecule has 0 aliphatic rings. The molecule has 4 heteroatoms. The van der Waals surface area contributed by atoms with Crippen molar-refractivity contribution in [3.63, 3.8) is 0 Å². The van der Waals surface area contributed by atoms with Gasteiger partial charge in [0.2, 0.25) is 5.88 Å². The molecule has 1 aromatic carbocycles. The summed E-state index contributed by atoms with van der Waals surface area (Å²) in [4.78, 5) is 4.17. The summed E-state index contributed by atoms with van der Waals surface area (Å²) >= 11 is 2.31. The normalized spacial score (nSPS) is 10.0. The number of para-hydroxylation sites is 1. The molecule has 2 rings (SSSR count). The zero-order valence-corrected chi connectivity index (χ0v) is 11.6. The molecular formula is C13H13IN2O. The van der Waals surface area contributed by atoms with Crippen molar-refractivity contribution in [2.45, 2.75) is 6.54 Å². The first-order valence-electron chi connectivity index (χ1n) is 5.27. The van der Waals surface area contributed by atoms with Gasteiger partial charge in [-0.15, -0.1) is 0 Å². The second-order valence-corrected chi connectivity index (χ2v) is 4.67. The molecule has 0 saturated heterocycles. The minimum Gasteiger partial charge on any atom is -0.481 e. The van der Waals surface area contributed by atoms with Gasteiger partial charge in [0.15, 0.2) is 0 Å². The summed E-state index contributed by atoms with van der Waals surface area (Å²) in [5.41, 5.74) is 2.17. The van der Waals surface area contributed by atoms with E-state index in [2.05, 4.69) is 45.0 Å². The standard InChI is InChI=1S/C13H13IN2O/c1-17-13-10(5-4-8-15-13)9-16-12-7-3-2-6-11(12)14/h2-8,16H,9H2,1H3. The van der Waals surface area contributed by atoms with Crippen molar-refractivity contribution in [1.82, 2.24) is 4.98 Å². The molecule has 0 spiro atoms. The second kappa shape index (κ2) is 5.86. The molecule has 3 nitrogen and oxygen atoms in total. The zero-order valence-electron chi connectivity index (χ0n) is 9.48. The predicted octanol–water partition coefficient (Wildman–Crippen LogP) is 3.31. The molecule has 0 bridgehead atoms. The van der Waals surface area contributed by atoms with Gasteiger partial charge < -0.3 is 10.1 Å². The number of benzene rings is 1. The number of rotatable bonds is 4. The molecule has 0 aliphatic heterocycles. The number of ether oxygens (including phenoxy) is 1. The third-order valence-electron chi connectivity index (χ3n) is 2.39. The number of halogens is 1. The minimum absolute atomic E-state index is 0.672. The van der Waals surface area contributed by atoms with E-state index in [1.54, 1.807) is 13.3 Å². The van der Waals surface area contributed by atoms with Crippen molar-refractivity contribution in [2.75, 3.05) is 12.4 Å². The fraction of sp³-hybridized carbons (Fsp3) is 0.154. The molecular weight excluding hydrogens is 327 g/mol. The fourth-order valence-electron chi connectivity index (χ4n) is 1.54. The van der Waals surface area contributed by atoms with Crippen molar-refractivity contribution >= 4 is 28.3 Å². The first-order chi connectivity index (χ1) is 8.31. The van der Waals surface area contributed by atoms with E-state index in [4.69, 9.17) is 4.74 Å². The molecule has 1 N–H and O–H groups in total. The van der Waals surface area contributed by atoms with Crippen LogP contribution in [0, 0.1) is 3.57 Å². The van der Waals surface area contributed by atoms with Crippen LogP contribution in [0.2, 0.25) is 0 Å². The van der Waals surface area contributed by atoms with E-state index in [9.17, 15) is 0 Å². The van der Waals surface area contributed by atoms with E-state index in [0.717, 1.165) is 11.3 Å². The number of hydrogen-bond acceptors (Lipinski definition) is 3. The summed E-state index contributed by atoms with van der Waals surface area (Å²) in [6.07, 6.45) is 1.73. The van der Waals surface area contributed by atoms with Gasteiger partial charge in [0.05, 0.1) is 7.11 Å². The van der Waals surface area contributed by atoms with Gasteiger partial charge in [0, 0.05) is 27.6 Å². The Morgan fingerprint density at radius 3 is 2.82 bits per heavy atom. The Balaban J connectivity index is 2.10. The molecule has 0 amide bonds. The van der Waals surface area contributed by atoms with E-state index >= 15 is 0 Å². The number of anilines is 1. The number of pyridine rings is 1. The van der Waals surface area contributed by atoms with Crippen LogP contribution in [0.5, 0.6) is 5.88 Å². The summed E-state index contributed by atoms with van der Waals surface area (Å²) < 4.78 is 6.41. The highest BCUT2D eigenvalue weighted by molar-refractivity contribution is 14.1. The number of hydrogen-bond donors (Lipinski definition) is 1. The highest BCUT2D eigenvalue weighted by Crippen LogP contribution is 2.20. The lowest BCUT2D eigenvalue weighted by molar-refractivity contribution is 0.393. The van der Waals surface area contributed by atoms with Crippen molar-refractivity contribution in [2.24, 2.45) is 0 Å². The van der Waals surface area contributed by atoms with Crippen molar-refractivity contribution in [3.8, 4) is 5.88 Å². The molecule has 17 heavy (non-hydrogen) atoms. The Morgan fingerprint density at radius 1 is 1.24 bits per heavy atom. The van der Waals surface area contributed by atoms with Gasteiger partial charge >= 0.3 is 0 Å². The van der Waals surface area contributed by atoms with Gasteiger partial charge in [-0.1, -0.05) is 18.2 Å². The summed E-state index contributed by atoms with van der Waals surface area (Å²) in [6.45, 7) is 0.705. The van der Waals surface area contributed by atoms with Crippen LogP contribution in [-0.2, 0) is 6.54 Å². The SMILES string of the molecule is COc1ncccc1CNc1ccccc1I. The lowest BCUT2D eigenvalue weighted by Gasteiger charge is -2.10. The zero-order chi connectivity index (χ0) is 12.1. The molecule has 0 unspecified atom stereocenters. The Kier molecular flexibility index (Phi) is 4.19. The molecule has 1 aromatic heterocycles. The van der Waals surface area contributed by atoms with Crippen LogP contribution in [0.4, 0.5) is 5.69 Å². The first kappa shape index (κ1) is 12.2. The lowest BCUT2D eigenvalue weighted by atomic mass is 10.2. The molecule has 0 aliphatic carbocycles. The number of nitrogens with zero attached hydrogens (tertiary/aromatic N) is 1. The van der Waals surface area contributed by atoms with Crippen molar-refractivity contribution in [3.05, 3.63) is 51.7 Å². The van der Waals surface area contributed by atoms with Crippen LogP contribution in [-0.4, -0.2) is 12.1 Å². The van der Waals surface area contributed by atoms with Crippen molar-refractivity contribution in [1.29, 1.82) is 0 Å². The van der Waals surface area contributed by atoms with E-state index < -0.39 is 0 Å². The minimum atomic E-state index is 0.672. The van der Waals surface area contributed by atoms with Gasteiger partial charge in [0.25, 0.3) is 0 Å². The van der Waals surface area contributed by atoms with Crippen LogP contribution in [0.3, 0.4) is 0 Å². The maximum Gasteiger partial charge on any atom is 0.218 e. The lowest BCUT2D eigenvalue weighted by Crippen LogP contribution is -2.03. The van der Waals surface area contributed by atoms with Crippen LogP contribution in [0.25, 0.3) is 0 Å². The van der Waals surface area contributed by atoms with Gasteiger partial charge in [0.1, 0.15) is 0 Å². The van der Waals surface area contributed by atoms with Crippen LogP contribution >= 0.6 is 22.6 Å². The first-order valence-corrected chi connectivity index (χ1v) is 6.35. The van der Waals surface area contributed by atoms with E-state index in [1.807, 2.05) is 24.3 Å². The van der Waals surface area contributed by atoms with Gasteiger partial charge in [-0.25, -0.2) is 4.98 Å². The molecule has 1 heterocycles. The number of methoxy groups -OCH3 is 1.